The van der Waals surface area contributed by atoms with Crippen molar-refractivity contribution in [2.45, 2.75) is 9.24 Å². The number of amides is 1. The summed E-state index contributed by atoms with van der Waals surface area (Å²) in [7, 11) is -3.66. The highest BCUT2D eigenvalue weighted by Gasteiger charge is 2.13. The van der Waals surface area contributed by atoms with E-state index in [2.05, 4.69) is 15.0 Å². The molecule has 1 amide bonds. The molecule has 0 saturated carbocycles. The minimum absolute atomic E-state index is 0.0518. The number of thiazole rings is 1. The molecule has 0 spiro atoms. The molecule has 7 nitrogen and oxygen atoms in total. The van der Waals surface area contributed by atoms with E-state index in [1.54, 1.807) is 0 Å². The van der Waals surface area contributed by atoms with Crippen molar-refractivity contribution in [3.05, 3.63) is 48.5 Å². The van der Waals surface area contributed by atoms with Gasteiger partial charge in [0.15, 0.2) is 4.34 Å². The number of aliphatic hydroxyl groups is 1. The highest BCUT2D eigenvalue weighted by molar-refractivity contribution is 8.01. The Bertz CT molecular complexity index is 1000. The van der Waals surface area contributed by atoms with Gasteiger partial charge >= 0.3 is 0 Å². The van der Waals surface area contributed by atoms with E-state index in [-0.39, 0.29) is 29.7 Å². The van der Waals surface area contributed by atoms with Crippen LogP contribution in [-0.4, -0.2) is 43.3 Å². The summed E-state index contributed by atoms with van der Waals surface area (Å²) in [5.74, 6) is 0.00560. The first-order valence-corrected chi connectivity index (χ1v) is 11.3. The highest BCUT2D eigenvalue weighted by Crippen LogP contribution is 2.29. The van der Waals surface area contributed by atoms with E-state index in [0.717, 1.165) is 14.6 Å². The van der Waals surface area contributed by atoms with Crippen molar-refractivity contribution < 1.29 is 18.3 Å². The lowest BCUT2D eigenvalue weighted by molar-refractivity contribution is -0.113. The second kappa shape index (κ2) is 8.81. The van der Waals surface area contributed by atoms with Gasteiger partial charge in [0.05, 0.1) is 27.5 Å². The molecule has 0 aliphatic heterocycles. The second-order valence-electron chi connectivity index (χ2n) is 5.43. The number of sulfonamides is 1. The third kappa shape index (κ3) is 5.27. The number of nitrogens with one attached hydrogen (secondary N) is 2. The molecule has 2 aromatic carbocycles. The summed E-state index contributed by atoms with van der Waals surface area (Å²) in [6.45, 7) is -0.330. The second-order valence-corrected chi connectivity index (χ2v) is 9.45. The van der Waals surface area contributed by atoms with Crippen molar-refractivity contribution in [3.8, 4) is 0 Å². The molecular weight excluding hydrogens is 406 g/mol. The number of fused-ring (bicyclic) bond motifs is 1. The van der Waals surface area contributed by atoms with Crippen molar-refractivity contribution in [1.82, 2.24) is 9.71 Å². The van der Waals surface area contributed by atoms with Crippen LogP contribution in [0.15, 0.2) is 57.8 Å². The number of nitrogens with zero attached hydrogens (tertiary/aromatic N) is 1. The molecule has 142 valence electrons. The fourth-order valence-corrected chi connectivity index (χ4v) is 5.11. The Morgan fingerprint density at radius 2 is 1.89 bits per heavy atom. The predicted octanol–water partition coefficient (Wildman–Crippen LogP) is 2.30. The average Bonchev–Trinajstić information content (AvgIpc) is 3.08. The molecule has 0 radical (unpaired) electrons. The Labute approximate surface area is 164 Å². The van der Waals surface area contributed by atoms with Gasteiger partial charge in [0.2, 0.25) is 15.9 Å². The van der Waals surface area contributed by atoms with Crippen molar-refractivity contribution in [1.29, 1.82) is 0 Å². The minimum Gasteiger partial charge on any atom is -0.395 e. The van der Waals surface area contributed by atoms with Crippen LogP contribution in [0.3, 0.4) is 0 Å². The molecule has 1 heterocycles. The number of rotatable bonds is 8. The monoisotopic (exact) mass is 423 g/mol. The average molecular weight is 424 g/mol. The van der Waals surface area contributed by atoms with Gasteiger partial charge in [-0.1, -0.05) is 23.9 Å². The van der Waals surface area contributed by atoms with Gasteiger partial charge in [0.25, 0.3) is 0 Å². The van der Waals surface area contributed by atoms with Crippen LogP contribution in [0.5, 0.6) is 0 Å². The first kappa shape index (κ1) is 19.8. The molecule has 3 N–H and O–H groups in total. The first-order valence-electron chi connectivity index (χ1n) is 7.97. The molecule has 27 heavy (non-hydrogen) atoms. The number of para-hydroxylation sites is 1. The summed E-state index contributed by atoms with van der Waals surface area (Å²) < 4.78 is 28.0. The maximum absolute atomic E-state index is 12.1. The molecule has 0 unspecified atom stereocenters. The van der Waals surface area contributed by atoms with E-state index in [1.807, 2.05) is 24.3 Å². The number of aliphatic hydroxyl groups excluding tert-OH is 1. The number of carbonyl (C=O) groups is 1. The smallest absolute Gasteiger partial charge is 0.240 e. The van der Waals surface area contributed by atoms with Crippen LogP contribution in [0.25, 0.3) is 10.2 Å². The minimum atomic E-state index is -3.66. The van der Waals surface area contributed by atoms with E-state index < -0.39 is 10.0 Å². The molecule has 0 bridgehead atoms. The number of hydrogen-bond acceptors (Lipinski definition) is 7. The van der Waals surface area contributed by atoms with Gasteiger partial charge in [-0.05, 0) is 36.4 Å². The largest absolute Gasteiger partial charge is 0.395 e. The van der Waals surface area contributed by atoms with Gasteiger partial charge < -0.3 is 10.4 Å². The first-order chi connectivity index (χ1) is 13.0. The van der Waals surface area contributed by atoms with Crippen molar-refractivity contribution in [2.24, 2.45) is 0 Å². The quantitative estimate of drug-likeness (QED) is 0.480. The normalized spacial score (nSPS) is 11.6. The molecule has 10 heteroatoms. The van der Waals surface area contributed by atoms with Crippen LogP contribution in [0, 0.1) is 0 Å². The highest BCUT2D eigenvalue weighted by atomic mass is 32.2. The van der Waals surface area contributed by atoms with Gasteiger partial charge in [-0.2, -0.15) is 0 Å². The molecule has 0 aliphatic carbocycles. The molecule has 0 atom stereocenters. The Hall–Kier alpha value is -1.98. The Balaban J connectivity index is 1.56. The molecule has 3 rings (SSSR count). The van der Waals surface area contributed by atoms with E-state index in [9.17, 15) is 13.2 Å². The number of hydrogen-bond donors (Lipinski definition) is 3. The lowest BCUT2D eigenvalue weighted by Gasteiger charge is -2.07. The van der Waals surface area contributed by atoms with Crippen molar-refractivity contribution in [2.75, 3.05) is 24.2 Å². The molecular formula is C17H17N3O4S3. The van der Waals surface area contributed by atoms with Crippen LogP contribution in [0.1, 0.15) is 0 Å². The number of anilines is 1. The summed E-state index contributed by atoms with van der Waals surface area (Å²) in [6.07, 6.45) is 0. The fraction of sp³-hybridized carbons (Fsp3) is 0.176. The maximum Gasteiger partial charge on any atom is 0.240 e. The lowest BCUT2D eigenvalue weighted by atomic mass is 10.3. The van der Waals surface area contributed by atoms with E-state index >= 15 is 0 Å². The third-order valence-electron chi connectivity index (χ3n) is 3.45. The number of benzene rings is 2. The van der Waals surface area contributed by atoms with Gasteiger partial charge in [-0.15, -0.1) is 11.3 Å². The SMILES string of the molecule is O=C(CSc1nc2ccccc2s1)Nc1ccc(S(=O)(=O)NCCO)cc1. The summed E-state index contributed by atoms with van der Waals surface area (Å²) >= 11 is 2.89. The lowest BCUT2D eigenvalue weighted by Crippen LogP contribution is -2.26. The van der Waals surface area contributed by atoms with Gasteiger partial charge in [0.1, 0.15) is 0 Å². The molecule has 0 aliphatic rings. The topological polar surface area (TPSA) is 108 Å². The van der Waals surface area contributed by atoms with Gasteiger partial charge in [-0.3, -0.25) is 4.79 Å². The molecule has 3 aromatic rings. The number of aromatic nitrogens is 1. The summed E-state index contributed by atoms with van der Waals surface area (Å²) in [5.41, 5.74) is 1.42. The third-order valence-corrected chi connectivity index (χ3v) is 7.11. The van der Waals surface area contributed by atoms with Crippen LogP contribution in [0.4, 0.5) is 5.69 Å². The van der Waals surface area contributed by atoms with Crippen LogP contribution >= 0.6 is 23.1 Å². The summed E-state index contributed by atoms with van der Waals surface area (Å²) in [5, 5.41) is 11.4. The standard InChI is InChI=1S/C17H17N3O4S3/c21-10-9-18-27(23,24)13-7-5-12(6-8-13)19-16(22)11-25-17-20-14-3-1-2-4-15(14)26-17/h1-8,18,21H,9-11H2,(H,19,22). The Kier molecular flexibility index (Phi) is 6.45. The molecule has 0 fully saturated rings. The summed E-state index contributed by atoms with van der Waals surface area (Å²) in [4.78, 5) is 16.6. The zero-order valence-electron chi connectivity index (χ0n) is 14.1. The van der Waals surface area contributed by atoms with Crippen LogP contribution in [0.2, 0.25) is 0 Å². The Morgan fingerprint density at radius 1 is 1.15 bits per heavy atom. The van der Waals surface area contributed by atoms with Crippen LogP contribution in [-0.2, 0) is 14.8 Å². The number of thioether (sulfide) groups is 1. The predicted molar refractivity (Wildman–Crippen MR) is 108 cm³/mol. The Morgan fingerprint density at radius 3 is 2.59 bits per heavy atom. The molecule has 0 saturated heterocycles. The van der Waals surface area contributed by atoms with E-state index in [0.29, 0.717) is 5.69 Å². The van der Waals surface area contributed by atoms with Crippen molar-refractivity contribution in [3.63, 3.8) is 0 Å². The summed E-state index contributed by atoms with van der Waals surface area (Å²) in [6, 6.07) is 13.6. The van der Waals surface area contributed by atoms with Crippen molar-refractivity contribution >= 4 is 54.9 Å². The number of carbonyl (C=O) groups excluding carboxylic acids is 1. The maximum atomic E-state index is 12.1. The zero-order chi connectivity index (χ0) is 19.3. The van der Waals surface area contributed by atoms with Crippen LogP contribution < -0.4 is 10.0 Å². The van der Waals surface area contributed by atoms with Gasteiger partial charge in [0, 0.05) is 12.2 Å². The molecule has 1 aromatic heterocycles. The fourth-order valence-electron chi connectivity index (χ4n) is 2.22. The van der Waals surface area contributed by atoms with E-state index in [4.69, 9.17) is 5.11 Å². The van der Waals surface area contributed by atoms with Gasteiger partial charge in [-0.25, -0.2) is 18.1 Å². The zero-order valence-corrected chi connectivity index (χ0v) is 16.5. The van der Waals surface area contributed by atoms with E-state index in [1.165, 1.54) is 47.4 Å².